The lowest BCUT2D eigenvalue weighted by atomic mass is 9.94. The minimum absolute atomic E-state index is 0.114. The first kappa shape index (κ1) is 16.3. The van der Waals surface area contributed by atoms with Crippen LogP contribution in [0, 0.1) is 0 Å². The Balaban J connectivity index is 1.97. The molecule has 2 rings (SSSR count). The van der Waals surface area contributed by atoms with Gasteiger partial charge in [0.05, 0.1) is 0 Å². The number of benzene rings is 1. The summed E-state index contributed by atoms with van der Waals surface area (Å²) >= 11 is 0. The second kappa shape index (κ2) is 6.36. The zero-order chi connectivity index (χ0) is 15.5. The lowest BCUT2D eigenvalue weighted by molar-refractivity contribution is -0.137. The molecule has 1 unspecified atom stereocenters. The third kappa shape index (κ3) is 4.71. The smallest absolute Gasteiger partial charge is 0.307 e. The zero-order valence-corrected chi connectivity index (χ0v) is 12.6. The molecule has 1 aromatic carbocycles. The number of hydrogen-bond acceptors (Lipinski definition) is 2. The molecule has 0 saturated carbocycles. The number of alkyl halides is 3. The van der Waals surface area contributed by atoms with Gasteiger partial charge in [-0.3, -0.25) is 4.90 Å². The molecule has 1 heterocycles. The average molecular weight is 300 g/mol. The Morgan fingerprint density at radius 1 is 1.24 bits per heavy atom. The van der Waals surface area contributed by atoms with Gasteiger partial charge in [0, 0.05) is 31.1 Å². The van der Waals surface area contributed by atoms with Gasteiger partial charge in [0.2, 0.25) is 0 Å². The molecule has 1 fully saturated rings. The molecule has 0 radical (unpaired) electrons. The third-order valence-corrected chi connectivity index (χ3v) is 4.13. The van der Waals surface area contributed by atoms with Crippen molar-refractivity contribution in [1.29, 1.82) is 0 Å². The fourth-order valence-electron chi connectivity index (χ4n) is 2.79. The number of piperazine rings is 1. The second-order valence-corrected chi connectivity index (χ2v) is 6.32. The van der Waals surface area contributed by atoms with E-state index in [-0.39, 0.29) is 18.0 Å². The first-order valence-corrected chi connectivity index (χ1v) is 7.38. The molecule has 21 heavy (non-hydrogen) atoms. The van der Waals surface area contributed by atoms with Crippen molar-refractivity contribution in [3.63, 3.8) is 0 Å². The fraction of sp³-hybridized carbons (Fsp3) is 0.625. The van der Waals surface area contributed by atoms with E-state index in [1.54, 1.807) is 0 Å². The van der Waals surface area contributed by atoms with Crippen molar-refractivity contribution in [2.45, 2.75) is 44.4 Å². The van der Waals surface area contributed by atoms with Crippen LogP contribution >= 0.6 is 0 Å². The topological polar surface area (TPSA) is 15.3 Å². The standard InChI is InChI=1S/C16H23F3N2/c1-15(2)12-20-14(13-7-4-3-5-8-13)11-21(15)10-6-9-16(17,18)19/h3-5,7-8,14,20H,6,9-12H2,1-2H3. The van der Waals surface area contributed by atoms with Crippen LogP contribution in [-0.2, 0) is 0 Å². The lowest BCUT2D eigenvalue weighted by Gasteiger charge is -2.46. The molecule has 1 atom stereocenters. The van der Waals surface area contributed by atoms with Crippen molar-refractivity contribution >= 4 is 0 Å². The molecule has 0 aromatic heterocycles. The predicted octanol–water partition coefficient (Wildman–Crippen LogP) is 3.75. The molecular weight excluding hydrogens is 277 g/mol. The summed E-state index contributed by atoms with van der Waals surface area (Å²) in [6.07, 6.45) is -4.60. The van der Waals surface area contributed by atoms with Gasteiger partial charge in [-0.25, -0.2) is 0 Å². The van der Waals surface area contributed by atoms with Gasteiger partial charge in [-0.1, -0.05) is 30.3 Å². The van der Waals surface area contributed by atoms with Crippen LogP contribution in [0.5, 0.6) is 0 Å². The molecule has 1 saturated heterocycles. The molecule has 1 aliphatic heterocycles. The highest BCUT2D eigenvalue weighted by molar-refractivity contribution is 5.20. The summed E-state index contributed by atoms with van der Waals surface area (Å²) in [4.78, 5) is 2.17. The van der Waals surface area contributed by atoms with E-state index in [1.807, 2.05) is 18.2 Å². The van der Waals surface area contributed by atoms with Crippen LogP contribution in [0.3, 0.4) is 0 Å². The minimum Gasteiger partial charge on any atom is -0.307 e. The van der Waals surface area contributed by atoms with E-state index in [0.717, 1.165) is 13.1 Å². The molecule has 1 N–H and O–H groups in total. The van der Waals surface area contributed by atoms with Gasteiger partial charge < -0.3 is 5.32 Å². The highest BCUT2D eigenvalue weighted by Crippen LogP contribution is 2.27. The van der Waals surface area contributed by atoms with Crippen LogP contribution in [0.4, 0.5) is 13.2 Å². The summed E-state index contributed by atoms with van der Waals surface area (Å²) in [7, 11) is 0. The van der Waals surface area contributed by atoms with Crippen molar-refractivity contribution in [3.05, 3.63) is 35.9 Å². The SMILES string of the molecule is CC1(C)CNC(c2ccccc2)CN1CCCC(F)(F)F. The van der Waals surface area contributed by atoms with E-state index in [1.165, 1.54) is 5.56 Å². The summed E-state index contributed by atoms with van der Waals surface area (Å²) in [5.41, 5.74) is 1.07. The average Bonchev–Trinajstić information content (AvgIpc) is 2.40. The largest absolute Gasteiger partial charge is 0.389 e. The van der Waals surface area contributed by atoms with Crippen LogP contribution in [0.2, 0.25) is 0 Å². The highest BCUT2D eigenvalue weighted by Gasteiger charge is 2.35. The van der Waals surface area contributed by atoms with Crippen molar-refractivity contribution in [2.75, 3.05) is 19.6 Å². The lowest BCUT2D eigenvalue weighted by Crippen LogP contribution is -2.59. The van der Waals surface area contributed by atoms with Gasteiger partial charge >= 0.3 is 6.18 Å². The van der Waals surface area contributed by atoms with Crippen LogP contribution in [0.25, 0.3) is 0 Å². The van der Waals surface area contributed by atoms with E-state index in [2.05, 4.69) is 36.2 Å². The van der Waals surface area contributed by atoms with Crippen LogP contribution in [-0.4, -0.2) is 36.2 Å². The minimum atomic E-state index is -4.06. The predicted molar refractivity (Wildman–Crippen MR) is 78.1 cm³/mol. The van der Waals surface area contributed by atoms with Crippen molar-refractivity contribution in [1.82, 2.24) is 10.2 Å². The van der Waals surface area contributed by atoms with Crippen molar-refractivity contribution < 1.29 is 13.2 Å². The molecule has 0 bridgehead atoms. The monoisotopic (exact) mass is 300 g/mol. The summed E-state index contributed by atoms with van der Waals surface area (Å²) < 4.78 is 36.9. The first-order chi connectivity index (χ1) is 9.78. The van der Waals surface area contributed by atoms with Crippen molar-refractivity contribution in [3.8, 4) is 0 Å². The fourth-order valence-corrected chi connectivity index (χ4v) is 2.79. The highest BCUT2D eigenvalue weighted by atomic mass is 19.4. The Kier molecular flexibility index (Phi) is 4.94. The molecule has 1 aromatic rings. The molecule has 5 heteroatoms. The third-order valence-electron chi connectivity index (χ3n) is 4.13. The van der Waals surface area contributed by atoms with E-state index in [0.29, 0.717) is 6.54 Å². The molecular formula is C16H23F3N2. The first-order valence-electron chi connectivity index (χ1n) is 7.38. The molecule has 2 nitrogen and oxygen atoms in total. The van der Waals surface area contributed by atoms with Gasteiger partial charge in [0.1, 0.15) is 0 Å². The Morgan fingerprint density at radius 3 is 2.52 bits per heavy atom. The normalized spacial score (nSPS) is 23.2. The maximum Gasteiger partial charge on any atom is 0.389 e. The maximum atomic E-state index is 12.3. The number of nitrogens with one attached hydrogen (secondary N) is 1. The van der Waals surface area contributed by atoms with E-state index >= 15 is 0 Å². The Morgan fingerprint density at radius 2 is 1.90 bits per heavy atom. The van der Waals surface area contributed by atoms with Gasteiger partial charge in [0.15, 0.2) is 0 Å². The van der Waals surface area contributed by atoms with E-state index in [4.69, 9.17) is 0 Å². The molecule has 0 amide bonds. The van der Waals surface area contributed by atoms with Gasteiger partial charge in [-0.2, -0.15) is 13.2 Å². The summed E-state index contributed by atoms with van der Waals surface area (Å²) in [6.45, 7) is 6.16. The van der Waals surface area contributed by atoms with Crippen LogP contribution in [0.1, 0.15) is 38.3 Å². The van der Waals surface area contributed by atoms with Gasteiger partial charge in [-0.15, -0.1) is 0 Å². The number of hydrogen-bond donors (Lipinski definition) is 1. The van der Waals surface area contributed by atoms with Crippen molar-refractivity contribution in [2.24, 2.45) is 0 Å². The molecule has 0 spiro atoms. The maximum absolute atomic E-state index is 12.3. The number of halogens is 3. The Hall–Kier alpha value is -1.07. The summed E-state index contributed by atoms with van der Waals surface area (Å²) in [5, 5.41) is 3.50. The van der Waals surface area contributed by atoms with Gasteiger partial charge in [0.25, 0.3) is 0 Å². The number of rotatable bonds is 4. The van der Waals surface area contributed by atoms with Crippen LogP contribution in [0.15, 0.2) is 30.3 Å². The number of nitrogens with zero attached hydrogens (tertiary/aromatic N) is 1. The van der Waals surface area contributed by atoms with Gasteiger partial charge in [-0.05, 0) is 32.4 Å². The van der Waals surface area contributed by atoms with Crippen LogP contribution < -0.4 is 5.32 Å². The summed E-state index contributed by atoms with van der Waals surface area (Å²) in [5.74, 6) is 0. The zero-order valence-electron chi connectivity index (χ0n) is 12.6. The Labute approximate surface area is 124 Å². The summed E-state index contributed by atoms with van der Waals surface area (Å²) in [6, 6.07) is 10.3. The van der Waals surface area contributed by atoms with E-state index < -0.39 is 12.6 Å². The molecule has 0 aliphatic carbocycles. The van der Waals surface area contributed by atoms with E-state index in [9.17, 15) is 13.2 Å². The molecule has 1 aliphatic rings. The second-order valence-electron chi connectivity index (χ2n) is 6.32. The Bertz CT molecular complexity index is 443. The quantitative estimate of drug-likeness (QED) is 0.911. The molecule has 118 valence electrons.